The van der Waals surface area contributed by atoms with Crippen LogP contribution in [0.2, 0.25) is 0 Å². The number of hydrogen-bond acceptors (Lipinski definition) is 7. The predicted molar refractivity (Wildman–Crippen MR) is 127 cm³/mol. The van der Waals surface area contributed by atoms with Gasteiger partial charge in [-0.2, -0.15) is 4.31 Å². The summed E-state index contributed by atoms with van der Waals surface area (Å²) < 4.78 is 39.7. The first-order chi connectivity index (χ1) is 16.2. The molecule has 1 aromatic carbocycles. The molecule has 1 aliphatic rings. The van der Waals surface area contributed by atoms with Crippen molar-refractivity contribution in [2.24, 2.45) is 0 Å². The number of fused-ring (bicyclic) bond motifs is 1. The summed E-state index contributed by atoms with van der Waals surface area (Å²) in [4.78, 5) is 31.0. The van der Waals surface area contributed by atoms with E-state index in [2.05, 4.69) is 4.98 Å². The zero-order valence-electron chi connectivity index (χ0n) is 20.3. The van der Waals surface area contributed by atoms with E-state index in [4.69, 9.17) is 9.47 Å². The molecule has 10 nitrogen and oxygen atoms in total. The fraction of sp³-hybridized carbons (Fsp3) is 0.609. The van der Waals surface area contributed by atoms with Crippen LogP contribution >= 0.6 is 0 Å². The summed E-state index contributed by atoms with van der Waals surface area (Å²) in [5.74, 6) is -0.0411. The number of benzene rings is 1. The Balaban J connectivity index is 1.66. The van der Waals surface area contributed by atoms with E-state index in [0.717, 1.165) is 5.52 Å². The van der Waals surface area contributed by atoms with Gasteiger partial charge in [-0.15, -0.1) is 0 Å². The highest BCUT2D eigenvalue weighted by atomic mass is 32.2. The third kappa shape index (κ3) is 5.76. The number of imidazole rings is 1. The number of aromatic nitrogens is 2. The second kappa shape index (κ2) is 11.3. The highest BCUT2D eigenvalue weighted by Crippen LogP contribution is 2.23. The van der Waals surface area contributed by atoms with Gasteiger partial charge in [0.05, 0.1) is 35.1 Å². The third-order valence-corrected chi connectivity index (χ3v) is 8.01. The fourth-order valence-corrected chi connectivity index (χ4v) is 5.62. The minimum atomic E-state index is -3.59. The first kappa shape index (κ1) is 26.1. The molecule has 1 atom stereocenters. The number of morpholine rings is 1. The molecule has 1 saturated heterocycles. The Morgan fingerprint density at radius 3 is 2.62 bits per heavy atom. The zero-order valence-corrected chi connectivity index (χ0v) is 21.1. The molecular weight excluding hydrogens is 460 g/mol. The highest BCUT2D eigenvalue weighted by molar-refractivity contribution is 7.89. The lowest BCUT2D eigenvalue weighted by Gasteiger charge is -2.30. The number of esters is 1. The SMILES string of the molecule is CCN(CC)S(=O)(=O)c1ccc2c(c1)nc(CCC(=O)OCC(=O)N1CCOC(C)C1)n2CC. The summed E-state index contributed by atoms with van der Waals surface area (Å²) in [5.41, 5.74) is 1.37. The van der Waals surface area contributed by atoms with E-state index in [1.54, 1.807) is 36.9 Å². The van der Waals surface area contributed by atoms with Crippen molar-refractivity contribution in [2.75, 3.05) is 39.4 Å². The molecule has 2 aromatic rings. The molecule has 1 aliphatic heterocycles. The molecule has 0 bridgehead atoms. The number of sulfonamides is 1. The van der Waals surface area contributed by atoms with Crippen molar-refractivity contribution in [3.8, 4) is 0 Å². The lowest BCUT2D eigenvalue weighted by atomic mass is 10.3. The van der Waals surface area contributed by atoms with Gasteiger partial charge in [-0.3, -0.25) is 9.59 Å². The number of amides is 1. The summed E-state index contributed by atoms with van der Waals surface area (Å²) >= 11 is 0. The van der Waals surface area contributed by atoms with E-state index in [9.17, 15) is 18.0 Å². The highest BCUT2D eigenvalue weighted by Gasteiger charge is 2.24. The largest absolute Gasteiger partial charge is 0.456 e. The maximum absolute atomic E-state index is 12.9. The zero-order chi connectivity index (χ0) is 24.9. The summed E-state index contributed by atoms with van der Waals surface area (Å²) in [6.45, 7) is 10.0. The Morgan fingerprint density at radius 2 is 1.97 bits per heavy atom. The van der Waals surface area contributed by atoms with Gasteiger partial charge in [-0.1, -0.05) is 13.8 Å². The van der Waals surface area contributed by atoms with Gasteiger partial charge < -0.3 is 18.9 Å². The van der Waals surface area contributed by atoms with Crippen molar-refractivity contribution >= 4 is 32.9 Å². The normalized spacial score (nSPS) is 16.9. The van der Waals surface area contributed by atoms with Crippen LogP contribution in [0.4, 0.5) is 0 Å². The van der Waals surface area contributed by atoms with E-state index < -0.39 is 16.0 Å². The van der Waals surface area contributed by atoms with Crippen LogP contribution in [0.15, 0.2) is 23.1 Å². The van der Waals surface area contributed by atoms with Crippen molar-refractivity contribution in [2.45, 2.75) is 58.1 Å². The molecule has 3 rings (SSSR count). The molecule has 1 unspecified atom stereocenters. The number of carbonyl (C=O) groups excluding carboxylic acids is 2. The molecule has 188 valence electrons. The van der Waals surface area contributed by atoms with Gasteiger partial charge in [0.1, 0.15) is 5.82 Å². The average molecular weight is 495 g/mol. The molecule has 1 aromatic heterocycles. The van der Waals surface area contributed by atoms with Gasteiger partial charge in [-0.05, 0) is 32.0 Å². The van der Waals surface area contributed by atoms with Gasteiger partial charge in [0, 0.05) is 39.1 Å². The topological polar surface area (TPSA) is 111 Å². The number of aryl methyl sites for hydroxylation is 2. The van der Waals surface area contributed by atoms with Crippen molar-refractivity contribution < 1.29 is 27.5 Å². The molecule has 1 fully saturated rings. The van der Waals surface area contributed by atoms with Crippen LogP contribution in [-0.4, -0.2) is 84.5 Å². The monoisotopic (exact) mass is 494 g/mol. The minimum Gasteiger partial charge on any atom is -0.456 e. The van der Waals surface area contributed by atoms with Crippen LogP contribution in [0, 0.1) is 0 Å². The Morgan fingerprint density at radius 1 is 1.24 bits per heavy atom. The molecule has 11 heteroatoms. The lowest BCUT2D eigenvalue weighted by molar-refractivity contribution is -0.154. The molecule has 2 heterocycles. The van der Waals surface area contributed by atoms with Crippen molar-refractivity contribution in [3.05, 3.63) is 24.0 Å². The molecular formula is C23H34N4O6S. The molecule has 34 heavy (non-hydrogen) atoms. The second-order valence-corrected chi connectivity index (χ2v) is 10.1. The summed E-state index contributed by atoms with van der Waals surface area (Å²) in [6.07, 6.45) is 0.362. The van der Waals surface area contributed by atoms with Crippen LogP contribution in [-0.2, 0) is 42.1 Å². The molecule has 0 aliphatic carbocycles. The van der Waals surface area contributed by atoms with Crippen LogP contribution < -0.4 is 0 Å². The fourth-order valence-electron chi connectivity index (χ4n) is 4.14. The maximum atomic E-state index is 12.9. The molecule has 0 saturated carbocycles. The quantitative estimate of drug-likeness (QED) is 0.463. The number of nitrogens with zero attached hydrogens (tertiary/aromatic N) is 4. The van der Waals surface area contributed by atoms with Crippen LogP contribution in [0.3, 0.4) is 0 Å². The van der Waals surface area contributed by atoms with Crippen LogP contribution in [0.1, 0.15) is 39.9 Å². The van der Waals surface area contributed by atoms with Crippen molar-refractivity contribution in [1.82, 2.24) is 18.8 Å². The molecule has 0 N–H and O–H groups in total. The molecule has 0 radical (unpaired) electrons. The summed E-state index contributed by atoms with van der Waals surface area (Å²) in [7, 11) is -3.59. The van der Waals surface area contributed by atoms with E-state index in [-0.39, 0.29) is 29.9 Å². The Labute approximate surface area is 200 Å². The van der Waals surface area contributed by atoms with Gasteiger partial charge >= 0.3 is 5.97 Å². The minimum absolute atomic E-state index is 0.0297. The first-order valence-corrected chi connectivity index (χ1v) is 13.2. The number of hydrogen-bond donors (Lipinski definition) is 0. The van der Waals surface area contributed by atoms with Crippen LogP contribution in [0.5, 0.6) is 0 Å². The van der Waals surface area contributed by atoms with Crippen molar-refractivity contribution in [3.63, 3.8) is 0 Å². The van der Waals surface area contributed by atoms with E-state index in [1.807, 2.05) is 18.4 Å². The third-order valence-electron chi connectivity index (χ3n) is 5.96. The molecule has 1 amide bonds. The Kier molecular flexibility index (Phi) is 8.67. The van der Waals surface area contributed by atoms with Gasteiger partial charge in [0.2, 0.25) is 10.0 Å². The molecule has 0 spiro atoms. The number of rotatable bonds is 10. The van der Waals surface area contributed by atoms with E-state index in [1.165, 1.54) is 4.31 Å². The van der Waals surface area contributed by atoms with Crippen molar-refractivity contribution in [1.29, 1.82) is 0 Å². The van der Waals surface area contributed by atoms with Gasteiger partial charge in [0.25, 0.3) is 5.91 Å². The first-order valence-electron chi connectivity index (χ1n) is 11.8. The summed E-state index contributed by atoms with van der Waals surface area (Å²) in [6, 6.07) is 4.94. The lowest BCUT2D eigenvalue weighted by Crippen LogP contribution is -2.46. The number of carbonyl (C=O) groups is 2. The van der Waals surface area contributed by atoms with Gasteiger partial charge in [0.15, 0.2) is 6.61 Å². The number of ether oxygens (including phenoxy) is 2. The van der Waals surface area contributed by atoms with E-state index >= 15 is 0 Å². The second-order valence-electron chi connectivity index (χ2n) is 8.19. The summed E-state index contributed by atoms with van der Waals surface area (Å²) in [5, 5.41) is 0. The predicted octanol–water partition coefficient (Wildman–Crippen LogP) is 1.81. The maximum Gasteiger partial charge on any atom is 0.306 e. The Bertz CT molecular complexity index is 1130. The average Bonchev–Trinajstić information content (AvgIpc) is 3.18. The van der Waals surface area contributed by atoms with Crippen LogP contribution in [0.25, 0.3) is 11.0 Å². The van der Waals surface area contributed by atoms with E-state index in [0.29, 0.717) is 57.1 Å². The van der Waals surface area contributed by atoms with Gasteiger partial charge in [-0.25, -0.2) is 13.4 Å². The smallest absolute Gasteiger partial charge is 0.306 e. The Hall–Kier alpha value is -2.50. The standard InChI is InChI=1S/C23H34N4O6S/c1-5-26(6-2)34(30,31)18-8-9-20-19(14-18)24-21(27(20)7-3)10-11-23(29)33-16-22(28)25-12-13-32-17(4)15-25/h8-9,14,17H,5-7,10-13,15-16H2,1-4H3.